The Bertz CT molecular complexity index is 916. The van der Waals surface area contributed by atoms with Gasteiger partial charge in [0.05, 0.1) is 25.8 Å². The Balaban J connectivity index is 1.66. The van der Waals surface area contributed by atoms with Crippen LogP contribution in [0.25, 0.3) is 0 Å². The predicted octanol–water partition coefficient (Wildman–Crippen LogP) is 3.35. The summed E-state index contributed by atoms with van der Waals surface area (Å²) >= 11 is 0. The lowest BCUT2D eigenvalue weighted by Gasteiger charge is -2.26. The van der Waals surface area contributed by atoms with E-state index in [0.717, 1.165) is 36.2 Å². The molecule has 0 aliphatic carbocycles. The molecule has 0 aromatic heterocycles. The largest absolute Gasteiger partial charge is 0.497 e. The molecule has 1 N–H and O–H groups in total. The molecule has 2 amide bonds. The Morgan fingerprint density at radius 2 is 1.81 bits per heavy atom. The quantitative estimate of drug-likeness (QED) is 0.901. The van der Waals surface area contributed by atoms with Crippen molar-refractivity contribution in [1.82, 2.24) is 0 Å². The van der Waals surface area contributed by atoms with E-state index in [9.17, 15) is 9.59 Å². The van der Waals surface area contributed by atoms with Crippen molar-refractivity contribution >= 4 is 23.2 Å². The van der Waals surface area contributed by atoms with Crippen LogP contribution in [-0.4, -0.2) is 32.6 Å². The smallest absolute Gasteiger partial charge is 0.255 e. The van der Waals surface area contributed by atoms with Crippen molar-refractivity contribution in [3.05, 3.63) is 47.0 Å². The van der Waals surface area contributed by atoms with Crippen LogP contribution in [-0.2, 0) is 11.2 Å². The van der Waals surface area contributed by atoms with Crippen molar-refractivity contribution in [2.24, 2.45) is 0 Å². The molecule has 2 heterocycles. The molecule has 0 radical (unpaired) electrons. The fourth-order valence-corrected chi connectivity index (χ4v) is 3.91. The van der Waals surface area contributed by atoms with E-state index in [4.69, 9.17) is 9.47 Å². The number of rotatable bonds is 4. The van der Waals surface area contributed by atoms with Gasteiger partial charge in [-0.1, -0.05) is 0 Å². The average molecular weight is 366 g/mol. The van der Waals surface area contributed by atoms with E-state index >= 15 is 0 Å². The molecule has 2 aromatic rings. The molecule has 140 valence electrons. The zero-order valence-corrected chi connectivity index (χ0v) is 15.7. The summed E-state index contributed by atoms with van der Waals surface area (Å²) < 4.78 is 10.5. The Labute approximate surface area is 158 Å². The second-order valence-corrected chi connectivity index (χ2v) is 6.94. The number of hydrogen-bond acceptors (Lipinski definition) is 4. The minimum atomic E-state index is -0.246. The minimum absolute atomic E-state index is 0.145. The summed E-state index contributed by atoms with van der Waals surface area (Å²) in [4.78, 5) is 27.1. The highest BCUT2D eigenvalue weighted by atomic mass is 16.5. The van der Waals surface area contributed by atoms with Crippen molar-refractivity contribution in [3.63, 3.8) is 0 Å². The molecule has 2 aliphatic rings. The normalized spacial score (nSPS) is 17.5. The van der Waals surface area contributed by atoms with Gasteiger partial charge in [0.25, 0.3) is 5.91 Å². The van der Waals surface area contributed by atoms with Crippen molar-refractivity contribution in [2.45, 2.75) is 25.7 Å². The number of benzene rings is 2. The SMILES string of the molecule is COc1cc(OC)cc(C(=O)Nc2cc3c4c(c2)[C@H](C)C(=O)N4CCC3)c1. The van der Waals surface area contributed by atoms with Gasteiger partial charge in [0.15, 0.2) is 0 Å². The number of carbonyl (C=O) groups excluding carboxylic acids is 2. The van der Waals surface area contributed by atoms with Crippen LogP contribution >= 0.6 is 0 Å². The van der Waals surface area contributed by atoms with Crippen molar-refractivity contribution in [2.75, 3.05) is 31.0 Å². The van der Waals surface area contributed by atoms with Gasteiger partial charge < -0.3 is 19.7 Å². The lowest BCUT2D eigenvalue weighted by molar-refractivity contribution is -0.119. The van der Waals surface area contributed by atoms with Gasteiger partial charge in [0.2, 0.25) is 5.91 Å². The molecular formula is C21H22N2O4. The molecule has 6 nitrogen and oxygen atoms in total. The summed E-state index contributed by atoms with van der Waals surface area (Å²) in [5.41, 5.74) is 4.32. The van der Waals surface area contributed by atoms with Crippen LogP contribution in [0.3, 0.4) is 0 Å². The standard InChI is InChI=1S/C21H22N2O4/c1-12-18-10-15(7-13-5-4-6-23(19(13)18)21(12)25)22-20(24)14-8-16(26-2)11-17(9-14)27-3/h7-12H,4-6H2,1-3H3,(H,22,24)/t12-/m0/s1. The van der Waals surface area contributed by atoms with Crippen LogP contribution in [0.1, 0.15) is 40.7 Å². The lowest BCUT2D eigenvalue weighted by Crippen LogP contribution is -2.32. The Hall–Kier alpha value is -3.02. The topological polar surface area (TPSA) is 67.9 Å². The van der Waals surface area contributed by atoms with E-state index < -0.39 is 0 Å². The second-order valence-electron chi connectivity index (χ2n) is 6.94. The van der Waals surface area contributed by atoms with Crippen molar-refractivity contribution < 1.29 is 19.1 Å². The lowest BCUT2D eigenvalue weighted by atomic mass is 9.96. The van der Waals surface area contributed by atoms with Gasteiger partial charge >= 0.3 is 0 Å². The minimum Gasteiger partial charge on any atom is -0.497 e. The number of aryl methyl sites for hydroxylation is 1. The highest BCUT2D eigenvalue weighted by Gasteiger charge is 2.37. The Morgan fingerprint density at radius 1 is 1.11 bits per heavy atom. The third-order valence-corrected chi connectivity index (χ3v) is 5.29. The molecule has 0 fully saturated rings. The highest BCUT2D eigenvalue weighted by molar-refractivity contribution is 6.08. The molecule has 2 aliphatic heterocycles. The first-order valence-electron chi connectivity index (χ1n) is 9.04. The predicted molar refractivity (Wildman–Crippen MR) is 103 cm³/mol. The van der Waals surface area contributed by atoms with Crippen LogP contribution in [0.2, 0.25) is 0 Å². The third-order valence-electron chi connectivity index (χ3n) is 5.29. The van der Waals surface area contributed by atoms with Crippen LogP contribution in [0, 0.1) is 0 Å². The number of anilines is 2. The summed E-state index contributed by atoms with van der Waals surface area (Å²) in [6, 6.07) is 8.96. The van der Waals surface area contributed by atoms with Gasteiger partial charge in [0, 0.05) is 23.9 Å². The number of amides is 2. The summed E-state index contributed by atoms with van der Waals surface area (Å²) in [5, 5.41) is 2.96. The number of nitrogens with one attached hydrogen (secondary N) is 1. The summed E-state index contributed by atoms with van der Waals surface area (Å²) in [7, 11) is 3.09. The fourth-order valence-electron chi connectivity index (χ4n) is 3.91. The number of nitrogens with zero attached hydrogens (tertiary/aromatic N) is 1. The van der Waals surface area contributed by atoms with Crippen LogP contribution in [0.15, 0.2) is 30.3 Å². The van der Waals surface area contributed by atoms with Gasteiger partial charge in [0.1, 0.15) is 11.5 Å². The van der Waals surface area contributed by atoms with Crippen LogP contribution in [0.4, 0.5) is 11.4 Å². The Morgan fingerprint density at radius 3 is 2.48 bits per heavy atom. The first kappa shape index (κ1) is 17.4. The van der Waals surface area contributed by atoms with E-state index in [-0.39, 0.29) is 17.7 Å². The number of methoxy groups -OCH3 is 2. The molecule has 0 unspecified atom stereocenters. The first-order chi connectivity index (χ1) is 13.0. The van der Waals surface area contributed by atoms with E-state index in [0.29, 0.717) is 22.7 Å². The van der Waals surface area contributed by atoms with E-state index in [1.54, 1.807) is 32.4 Å². The molecule has 2 aromatic carbocycles. The first-order valence-corrected chi connectivity index (χ1v) is 9.04. The summed E-state index contributed by atoms with van der Waals surface area (Å²) in [5.74, 6) is 0.832. The molecule has 0 bridgehead atoms. The van der Waals surface area contributed by atoms with E-state index in [1.165, 1.54) is 0 Å². The van der Waals surface area contributed by atoms with E-state index in [1.807, 2.05) is 24.0 Å². The van der Waals surface area contributed by atoms with Gasteiger partial charge in [-0.3, -0.25) is 9.59 Å². The van der Waals surface area contributed by atoms with Crippen LogP contribution in [0.5, 0.6) is 11.5 Å². The zero-order valence-electron chi connectivity index (χ0n) is 15.7. The van der Waals surface area contributed by atoms with Crippen molar-refractivity contribution in [1.29, 1.82) is 0 Å². The molecule has 0 saturated carbocycles. The molecule has 1 atom stereocenters. The fraction of sp³-hybridized carbons (Fsp3) is 0.333. The number of hydrogen-bond donors (Lipinski definition) is 1. The highest BCUT2D eigenvalue weighted by Crippen LogP contribution is 2.44. The van der Waals surface area contributed by atoms with Gasteiger partial charge in [-0.05, 0) is 55.2 Å². The molecular weight excluding hydrogens is 344 g/mol. The summed E-state index contributed by atoms with van der Waals surface area (Å²) in [6.07, 6.45) is 1.85. The van der Waals surface area contributed by atoms with Gasteiger partial charge in [-0.25, -0.2) is 0 Å². The number of ether oxygens (including phenoxy) is 2. The van der Waals surface area contributed by atoms with Gasteiger partial charge in [-0.2, -0.15) is 0 Å². The molecule has 0 spiro atoms. The molecule has 4 rings (SSSR count). The Kier molecular flexibility index (Phi) is 4.26. The molecule has 6 heteroatoms. The van der Waals surface area contributed by atoms with E-state index in [2.05, 4.69) is 5.32 Å². The van der Waals surface area contributed by atoms with Crippen molar-refractivity contribution in [3.8, 4) is 11.5 Å². The monoisotopic (exact) mass is 366 g/mol. The maximum Gasteiger partial charge on any atom is 0.255 e. The maximum absolute atomic E-state index is 12.8. The molecule has 0 saturated heterocycles. The zero-order chi connectivity index (χ0) is 19.1. The average Bonchev–Trinajstić information content (AvgIpc) is 2.94. The van der Waals surface area contributed by atoms with Gasteiger partial charge in [-0.15, -0.1) is 0 Å². The summed E-state index contributed by atoms with van der Waals surface area (Å²) in [6.45, 7) is 2.70. The maximum atomic E-state index is 12.8. The number of carbonyl (C=O) groups is 2. The molecule has 27 heavy (non-hydrogen) atoms. The third kappa shape index (κ3) is 2.91. The van der Waals surface area contributed by atoms with Crippen LogP contribution < -0.4 is 19.7 Å². The second kappa shape index (κ2) is 6.61.